The number of hydrogen-bond acceptors (Lipinski definition) is 2. The third-order valence-corrected chi connectivity index (χ3v) is 2.63. The van der Waals surface area contributed by atoms with Crippen molar-refractivity contribution in [3.05, 3.63) is 23.3 Å². The maximum absolute atomic E-state index is 6.07. The molecule has 0 atom stereocenters. The van der Waals surface area contributed by atoms with Gasteiger partial charge in [-0.2, -0.15) is 0 Å². The molecule has 0 saturated carbocycles. The first kappa shape index (κ1) is 11.9. The minimum absolute atomic E-state index is 0.0595. The van der Waals surface area contributed by atoms with Crippen molar-refractivity contribution in [3.63, 3.8) is 0 Å². The summed E-state index contributed by atoms with van der Waals surface area (Å²) in [4.78, 5) is 0. The number of rotatable bonds is 2. The Morgan fingerprint density at radius 1 is 1.13 bits per heavy atom. The number of nitrogen functional groups attached to an aromatic ring is 2. The van der Waals surface area contributed by atoms with Crippen LogP contribution in [-0.2, 0) is 11.8 Å². The molecule has 0 aliphatic heterocycles. The van der Waals surface area contributed by atoms with E-state index in [1.54, 1.807) is 0 Å². The van der Waals surface area contributed by atoms with Crippen molar-refractivity contribution in [2.75, 3.05) is 11.5 Å². The summed E-state index contributed by atoms with van der Waals surface area (Å²) >= 11 is 0. The van der Waals surface area contributed by atoms with Gasteiger partial charge >= 0.3 is 0 Å². The number of nitrogens with two attached hydrogens (primary N) is 2. The van der Waals surface area contributed by atoms with Gasteiger partial charge in [0.05, 0.1) is 11.4 Å². The summed E-state index contributed by atoms with van der Waals surface area (Å²) in [7, 11) is 0. The van der Waals surface area contributed by atoms with Crippen LogP contribution in [0.1, 0.15) is 45.2 Å². The largest absolute Gasteiger partial charge is 0.397 e. The average Bonchev–Trinajstić information content (AvgIpc) is 2.10. The molecule has 0 bridgehead atoms. The Morgan fingerprint density at radius 2 is 1.73 bits per heavy atom. The van der Waals surface area contributed by atoms with Crippen LogP contribution < -0.4 is 11.5 Å². The topological polar surface area (TPSA) is 52.0 Å². The number of hydrogen-bond donors (Lipinski definition) is 2. The second-order valence-electron chi connectivity index (χ2n) is 5.10. The van der Waals surface area contributed by atoms with E-state index in [1.165, 1.54) is 11.1 Å². The predicted molar refractivity (Wildman–Crippen MR) is 68.0 cm³/mol. The van der Waals surface area contributed by atoms with Crippen LogP contribution in [0, 0.1) is 0 Å². The molecule has 1 aromatic rings. The molecule has 0 unspecified atom stereocenters. The lowest BCUT2D eigenvalue weighted by Gasteiger charge is -2.25. The maximum atomic E-state index is 6.07. The first-order valence-corrected chi connectivity index (χ1v) is 5.55. The van der Waals surface area contributed by atoms with Crippen LogP contribution in [-0.4, -0.2) is 0 Å². The Hall–Kier alpha value is -1.18. The summed E-state index contributed by atoms with van der Waals surface area (Å²) in [6.45, 7) is 8.71. The highest BCUT2D eigenvalue weighted by molar-refractivity contribution is 5.70. The number of benzene rings is 1. The Balaban J connectivity index is 3.35. The lowest BCUT2D eigenvalue weighted by atomic mass is 9.81. The van der Waals surface area contributed by atoms with E-state index in [9.17, 15) is 0 Å². The van der Waals surface area contributed by atoms with Gasteiger partial charge in [0.2, 0.25) is 0 Å². The Morgan fingerprint density at radius 3 is 2.20 bits per heavy atom. The van der Waals surface area contributed by atoms with Gasteiger partial charge in [-0.05, 0) is 29.0 Å². The van der Waals surface area contributed by atoms with E-state index < -0.39 is 0 Å². The van der Waals surface area contributed by atoms with Gasteiger partial charge in [-0.1, -0.05) is 40.2 Å². The molecule has 0 aliphatic rings. The van der Waals surface area contributed by atoms with Gasteiger partial charge in [0.1, 0.15) is 0 Å². The molecule has 0 aromatic heterocycles. The summed E-state index contributed by atoms with van der Waals surface area (Å²) < 4.78 is 0. The standard InChI is InChI=1S/C13H22N2/c1-5-6-9-7-8-10(14)12(15)11(9)13(2,3)4/h7-8H,5-6,14-15H2,1-4H3. The molecule has 1 rings (SSSR count). The molecule has 0 saturated heterocycles. The Bertz CT molecular complexity index is 348. The van der Waals surface area contributed by atoms with Crippen molar-refractivity contribution >= 4 is 11.4 Å². The van der Waals surface area contributed by atoms with Gasteiger partial charge < -0.3 is 11.5 Å². The lowest BCUT2D eigenvalue weighted by molar-refractivity contribution is 0.584. The molecule has 0 aliphatic carbocycles. The molecule has 0 amide bonds. The fraction of sp³-hybridized carbons (Fsp3) is 0.538. The number of anilines is 2. The summed E-state index contributed by atoms with van der Waals surface area (Å²) in [5.41, 5.74) is 16.0. The zero-order valence-electron chi connectivity index (χ0n) is 10.2. The molecule has 0 heterocycles. The first-order valence-electron chi connectivity index (χ1n) is 5.55. The van der Waals surface area contributed by atoms with E-state index in [2.05, 4.69) is 33.8 Å². The van der Waals surface area contributed by atoms with Crippen LogP contribution in [0.2, 0.25) is 0 Å². The molecule has 0 fully saturated rings. The van der Waals surface area contributed by atoms with Crippen molar-refractivity contribution in [2.45, 2.75) is 46.0 Å². The van der Waals surface area contributed by atoms with Crippen LogP contribution in [0.15, 0.2) is 12.1 Å². The smallest absolute Gasteiger partial charge is 0.0588 e. The quantitative estimate of drug-likeness (QED) is 0.730. The summed E-state index contributed by atoms with van der Waals surface area (Å²) in [5.74, 6) is 0. The molecule has 0 spiro atoms. The van der Waals surface area contributed by atoms with Gasteiger partial charge in [-0.15, -0.1) is 0 Å². The monoisotopic (exact) mass is 206 g/mol. The predicted octanol–water partition coefficient (Wildman–Crippen LogP) is 3.10. The maximum Gasteiger partial charge on any atom is 0.0588 e. The minimum atomic E-state index is 0.0595. The highest BCUT2D eigenvalue weighted by Crippen LogP contribution is 2.35. The van der Waals surface area contributed by atoms with Crippen molar-refractivity contribution in [1.29, 1.82) is 0 Å². The van der Waals surface area contributed by atoms with Gasteiger partial charge in [-0.25, -0.2) is 0 Å². The molecular weight excluding hydrogens is 184 g/mol. The van der Waals surface area contributed by atoms with Crippen LogP contribution in [0.3, 0.4) is 0 Å². The fourth-order valence-electron chi connectivity index (χ4n) is 2.04. The van der Waals surface area contributed by atoms with Gasteiger partial charge in [0.25, 0.3) is 0 Å². The van der Waals surface area contributed by atoms with E-state index in [0.717, 1.165) is 18.5 Å². The molecular formula is C13H22N2. The minimum Gasteiger partial charge on any atom is -0.397 e. The summed E-state index contributed by atoms with van der Waals surface area (Å²) in [5, 5.41) is 0. The van der Waals surface area contributed by atoms with Crippen molar-refractivity contribution in [3.8, 4) is 0 Å². The van der Waals surface area contributed by atoms with E-state index in [0.29, 0.717) is 5.69 Å². The normalized spacial score (nSPS) is 11.7. The zero-order chi connectivity index (χ0) is 11.6. The molecule has 84 valence electrons. The van der Waals surface area contributed by atoms with Gasteiger partial charge in [0.15, 0.2) is 0 Å². The molecule has 0 radical (unpaired) electrons. The van der Waals surface area contributed by atoms with Crippen LogP contribution >= 0.6 is 0 Å². The molecule has 2 nitrogen and oxygen atoms in total. The molecule has 4 N–H and O–H groups in total. The second-order valence-corrected chi connectivity index (χ2v) is 5.10. The van der Waals surface area contributed by atoms with Crippen molar-refractivity contribution in [1.82, 2.24) is 0 Å². The van der Waals surface area contributed by atoms with Crippen LogP contribution in [0.25, 0.3) is 0 Å². The highest BCUT2D eigenvalue weighted by Gasteiger charge is 2.21. The van der Waals surface area contributed by atoms with Crippen molar-refractivity contribution in [2.24, 2.45) is 0 Å². The Labute approximate surface area is 92.7 Å². The van der Waals surface area contributed by atoms with E-state index in [1.807, 2.05) is 6.07 Å². The third kappa shape index (κ3) is 2.44. The third-order valence-electron chi connectivity index (χ3n) is 2.63. The second kappa shape index (κ2) is 4.13. The van der Waals surface area contributed by atoms with E-state index in [-0.39, 0.29) is 5.41 Å². The molecule has 15 heavy (non-hydrogen) atoms. The molecule has 2 heteroatoms. The van der Waals surface area contributed by atoms with Crippen molar-refractivity contribution < 1.29 is 0 Å². The lowest BCUT2D eigenvalue weighted by Crippen LogP contribution is -2.18. The summed E-state index contributed by atoms with van der Waals surface area (Å²) in [6.07, 6.45) is 2.20. The fourth-order valence-corrected chi connectivity index (χ4v) is 2.04. The van der Waals surface area contributed by atoms with Crippen LogP contribution in [0.5, 0.6) is 0 Å². The SMILES string of the molecule is CCCc1ccc(N)c(N)c1C(C)(C)C. The van der Waals surface area contributed by atoms with Gasteiger partial charge in [0, 0.05) is 0 Å². The van der Waals surface area contributed by atoms with Gasteiger partial charge in [-0.3, -0.25) is 0 Å². The van der Waals surface area contributed by atoms with E-state index in [4.69, 9.17) is 11.5 Å². The van der Waals surface area contributed by atoms with E-state index >= 15 is 0 Å². The average molecular weight is 206 g/mol. The first-order chi connectivity index (χ1) is 6.88. The summed E-state index contributed by atoms with van der Waals surface area (Å²) in [6, 6.07) is 4.02. The van der Waals surface area contributed by atoms with Crippen LogP contribution in [0.4, 0.5) is 11.4 Å². The zero-order valence-corrected chi connectivity index (χ0v) is 10.2. The highest BCUT2D eigenvalue weighted by atomic mass is 14.7. The molecule has 1 aromatic carbocycles. The number of aryl methyl sites for hydroxylation is 1. The Kier molecular flexibility index (Phi) is 3.28.